The molecule has 0 unspecified atom stereocenters. The molecule has 0 fully saturated rings. The molecule has 0 spiro atoms. The highest BCUT2D eigenvalue weighted by Crippen LogP contribution is 2.12. The maximum atomic E-state index is 11.6. The van der Waals surface area contributed by atoms with Crippen molar-refractivity contribution >= 4 is 5.97 Å². The molecule has 0 aromatic rings. The Morgan fingerprint density at radius 1 is 0.542 bits per heavy atom. The van der Waals surface area contributed by atoms with Gasteiger partial charge in [0.15, 0.2) is 0 Å². The van der Waals surface area contributed by atoms with Crippen molar-refractivity contribution in [3.8, 4) is 0 Å². The predicted octanol–water partition coefficient (Wildman–Crippen LogP) is 7.59. The van der Waals surface area contributed by atoms with E-state index < -0.39 is 0 Å². The van der Waals surface area contributed by atoms with Crippen LogP contribution in [0.25, 0.3) is 0 Å². The monoisotopic (exact) mass is 340 g/mol. The summed E-state index contributed by atoms with van der Waals surface area (Å²) in [5, 5.41) is 0. The summed E-state index contributed by atoms with van der Waals surface area (Å²) in [6, 6.07) is 0. The van der Waals surface area contributed by atoms with Crippen LogP contribution in [-0.2, 0) is 9.53 Å². The van der Waals surface area contributed by atoms with E-state index in [0.717, 1.165) is 12.8 Å². The van der Waals surface area contributed by atoms with E-state index >= 15 is 0 Å². The lowest BCUT2D eigenvalue weighted by atomic mass is 10.1. The van der Waals surface area contributed by atoms with Crippen LogP contribution in [0.2, 0.25) is 0 Å². The van der Waals surface area contributed by atoms with Crippen LogP contribution < -0.4 is 0 Å². The van der Waals surface area contributed by atoms with Gasteiger partial charge in [-0.3, -0.25) is 4.79 Å². The van der Waals surface area contributed by atoms with E-state index in [4.69, 9.17) is 4.74 Å². The molecule has 2 nitrogen and oxygen atoms in total. The van der Waals surface area contributed by atoms with Gasteiger partial charge in [-0.2, -0.15) is 0 Å². The van der Waals surface area contributed by atoms with Crippen molar-refractivity contribution in [3.63, 3.8) is 0 Å². The molecule has 24 heavy (non-hydrogen) atoms. The zero-order valence-corrected chi connectivity index (χ0v) is 16.8. The summed E-state index contributed by atoms with van der Waals surface area (Å²) in [5.41, 5.74) is 0. The zero-order valence-electron chi connectivity index (χ0n) is 16.8. The second-order valence-electron chi connectivity index (χ2n) is 7.27. The maximum absolute atomic E-state index is 11.6. The van der Waals surface area contributed by atoms with Gasteiger partial charge >= 0.3 is 5.97 Å². The van der Waals surface area contributed by atoms with Crippen LogP contribution in [-0.4, -0.2) is 12.6 Å². The molecule has 0 rings (SSSR count). The van der Waals surface area contributed by atoms with Crippen LogP contribution in [0.3, 0.4) is 0 Å². The summed E-state index contributed by atoms with van der Waals surface area (Å²) in [5.74, 6) is 0.00886. The third-order valence-electron chi connectivity index (χ3n) is 4.75. The van der Waals surface area contributed by atoms with Crippen molar-refractivity contribution in [1.82, 2.24) is 0 Å². The molecule has 0 N–H and O–H groups in total. The Bertz CT molecular complexity index is 250. The molecule has 0 radical (unpaired) electrons. The van der Waals surface area contributed by atoms with E-state index in [1.54, 1.807) is 0 Å². The standard InChI is InChI=1S/C22H44O2/c1-3-5-7-9-10-11-12-13-14-15-17-19-21-24-22(23)20-18-16-8-6-4-2/h3-21H2,1-2H3. The van der Waals surface area contributed by atoms with Crippen LogP contribution in [0.15, 0.2) is 0 Å². The van der Waals surface area contributed by atoms with Gasteiger partial charge < -0.3 is 4.74 Å². The Kier molecular flexibility index (Phi) is 20.1. The van der Waals surface area contributed by atoms with Crippen molar-refractivity contribution in [2.24, 2.45) is 0 Å². The summed E-state index contributed by atoms with van der Waals surface area (Å²) >= 11 is 0. The first-order valence-electron chi connectivity index (χ1n) is 11.0. The van der Waals surface area contributed by atoms with Gasteiger partial charge in [0.25, 0.3) is 0 Å². The fraction of sp³-hybridized carbons (Fsp3) is 0.955. The molecule has 0 aliphatic carbocycles. The van der Waals surface area contributed by atoms with Gasteiger partial charge in [-0.25, -0.2) is 0 Å². The molecule has 0 saturated carbocycles. The maximum Gasteiger partial charge on any atom is 0.305 e. The lowest BCUT2D eigenvalue weighted by Gasteiger charge is -2.05. The molecule has 0 bridgehead atoms. The first-order chi connectivity index (χ1) is 11.8. The van der Waals surface area contributed by atoms with Gasteiger partial charge in [0, 0.05) is 6.42 Å². The third kappa shape index (κ3) is 19.5. The summed E-state index contributed by atoms with van der Waals surface area (Å²) in [7, 11) is 0. The van der Waals surface area contributed by atoms with E-state index in [1.165, 1.54) is 96.3 Å². The minimum absolute atomic E-state index is 0.00886. The Hall–Kier alpha value is -0.530. The van der Waals surface area contributed by atoms with Gasteiger partial charge in [-0.1, -0.05) is 110 Å². The number of ether oxygens (including phenoxy) is 1. The average Bonchev–Trinajstić information content (AvgIpc) is 2.59. The third-order valence-corrected chi connectivity index (χ3v) is 4.75. The summed E-state index contributed by atoms with van der Waals surface area (Å²) in [6.45, 7) is 5.11. The average molecular weight is 341 g/mol. The van der Waals surface area contributed by atoms with Crippen molar-refractivity contribution < 1.29 is 9.53 Å². The molecular formula is C22H44O2. The highest BCUT2D eigenvalue weighted by molar-refractivity contribution is 5.69. The van der Waals surface area contributed by atoms with Crippen molar-refractivity contribution in [2.45, 2.75) is 129 Å². The normalized spacial score (nSPS) is 10.9. The fourth-order valence-corrected chi connectivity index (χ4v) is 3.07. The lowest BCUT2D eigenvalue weighted by molar-refractivity contribution is -0.143. The summed E-state index contributed by atoms with van der Waals surface area (Å²) in [4.78, 5) is 11.6. The van der Waals surface area contributed by atoms with E-state index in [9.17, 15) is 4.79 Å². The predicted molar refractivity (Wildman–Crippen MR) is 105 cm³/mol. The quantitative estimate of drug-likeness (QED) is 0.179. The molecule has 0 aromatic carbocycles. The van der Waals surface area contributed by atoms with Gasteiger partial charge in [0.05, 0.1) is 6.61 Å². The number of carbonyl (C=O) groups is 1. The smallest absolute Gasteiger partial charge is 0.305 e. The Morgan fingerprint density at radius 3 is 1.38 bits per heavy atom. The summed E-state index contributed by atoms with van der Waals surface area (Å²) < 4.78 is 5.30. The molecule has 2 heteroatoms. The van der Waals surface area contributed by atoms with E-state index in [0.29, 0.717) is 13.0 Å². The molecule has 0 atom stereocenters. The zero-order chi connectivity index (χ0) is 17.7. The van der Waals surface area contributed by atoms with Gasteiger partial charge in [0.2, 0.25) is 0 Å². The number of hydrogen-bond donors (Lipinski definition) is 0. The molecule has 0 amide bonds. The fourth-order valence-electron chi connectivity index (χ4n) is 3.07. The second-order valence-corrected chi connectivity index (χ2v) is 7.27. The Labute approximate surface area is 152 Å². The number of unbranched alkanes of at least 4 members (excludes halogenated alkanes) is 15. The van der Waals surface area contributed by atoms with Crippen LogP contribution in [0.5, 0.6) is 0 Å². The molecule has 0 aliphatic rings. The molecule has 0 saturated heterocycles. The van der Waals surface area contributed by atoms with Crippen molar-refractivity contribution in [1.29, 1.82) is 0 Å². The summed E-state index contributed by atoms with van der Waals surface area (Å²) in [6.07, 6.45) is 22.7. The first-order valence-corrected chi connectivity index (χ1v) is 11.0. The number of hydrogen-bond acceptors (Lipinski definition) is 2. The van der Waals surface area contributed by atoms with Gasteiger partial charge in [0.1, 0.15) is 0 Å². The molecule has 0 heterocycles. The number of carbonyl (C=O) groups excluding carboxylic acids is 1. The molecule has 144 valence electrons. The first kappa shape index (κ1) is 23.5. The van der Waals surface area contributed by atoms with E-state index in [2.05, 4.69) is 13.8 Å². The Morgan fingerprint density at radius 2 is 0.917 bits per heavy atom. The lowest BCUT2D eigenvalue weighted by Crippen LogP contribution is -2.05. The van der Waals surface area contributed by atoms with Gasteiger partial charge in [-0.15, -0.1) is 0 Å². The largest absolute Gasteiger partial charge is 0.466 e. The topological polar surface area (TPSA) is 26.3 Å². The minimum atomic E-state index is 0.00886. The van der Waals surface area contributed by atoms with Gasteiger partial charge in [-0.05, 0) is 12.8 Å². The van der Waals surface area contributed by atoms with Crippen LogP contribution in [0, 0.1) is 0 Å². The van der Waals surface area contributed by atoms with E-state index in [-0.39, 0.29) is 5.97 Å². The number of esters is 1. The van der Waals surface area contributed by atoms with E-state index in [1.807, 2.05) is 0 Å². The second kappa shape index (κ2) is 20.5. The highest BCUT2D eigenvalue weighted by Gasteiger charge is 2.02. The van der Waals surface area contributed by atoms with Crippen molar-refractivity contribution in [3.05, 3.63) is 0 Å². The molecule has 0 aromatic heterocycles. The Balaban J connectivity index is 3.10. The van der Waals surface area contributed by atoms with Crippen LogP contribution in [0.4, 0.5) is 0 Å². The molecule has 0 aliphatic heterocycles. The SMILES string of the molecule is CCCCCCCCCCCCCCOC(=O)CCCCCCC. The highest BCUT2D eigenvalue weighted by atomic mass is 16.5. The number of rotatable bonds is 19. The van der Waals surface area contributed by atoms with Crippen molar-refractivity contribution in [2.75, 3.05) is 6.61 Å². The van der Waals surface area contributed by atoms with Crippen LogP contribution >= 0.6 is 0 Å². The van der Waals surface area contributed by atoms with Crippen LogP contribution in [0.1, 0.15) is 129 Å². The minimum Gasteiger partial charge on any atom is -0.466 e. The molecular weight excluding hydrogens is 296 g/mol.